The minimum atomic E-state index is -1.13. The Morgan fingerprint density at radius 3 is 2.18 bits per heavy atom. The first-order chi connectivity index (χ1) is 10.2. The summed E-state index contributed by atoms with van der Waals surface area (Å²) in [6, 6.07) is 3.87. The van der Waals surface area contributed by atoms with Crippen LogP contribution in [0.4, 0.5) is 4.39 Å². The average molecular weight is 308 g/mol. The molecule has 22 heavy (non-hydrogen) atoms. The van der Waals surface area contributed by atoms with Crippen LogP contribution in [-0.4, -0.2) is 22.9 Å². The molecule has 0 aliphatic heterocycles. The maximum Gasteiger partial charge on any atom is 0.307 e. The average Bonchev–Trinajstić information content (AvgIpc) is 3.00. The van der Waals surface area contributed by atoms with Gasteiger partial charge in [0, 0.05) is 0 Å². The molecule has 2 rings (SSSR count). The number of nitrogens with two attached hydrogens (primary N) is 1. The van der Waals surface area contributed by atoms with Gasteiger partial charge in [-0.05, 0) is 23.1 Å². The van der Waals surface area contributed by atoms with E-state index in [2.05, 4.69) is 5.32 Å². The first-order valence-electron chi connectivity index (χ1n) is 6.74. The van der Waals surface area contributed by atoms with Crippen molar-refractivity contribution in [3.63, 3.8) is 0 Å². The number of carbonyl (C=O) groups excluding carboxylic acids is 2. The lowest BCUT2D eigenvalue weighted by atomic mass is 10.0. The Hall–Kier alpha value is -2.44. The molecule has 0 radical (unpaired) electrons. The summed E-state index contributed by atoms with van der Waals surface area (Å²) >= 11 is 0. The first kappa shape index (κ1) is 15.9. The second kappa shape index (κ2) is 5.40. The highest BCUT2D eigenvalue weighted by molar-refractivity contribution is 5.94. The van der Waals surface area contributed by atoms with Crippen LogP contribution in [0.3, 0.4) is 0 Å². The van der Waals surface area contributed by atoms with Gasteiger partial charge in [-0.1, -0.05) is 26.0 Å². The lowest BCUT2D eigenvalue weighted by Gasteiger charge is -2.16. The molecule has 0 heterocycles. The van der Waals surface area contributed by atoms with Crippen LogP contribution in [0.2, 0.25) is 0 Å². The van der Waals surface area contributed by atoms with E-state index in [9.17, 15) is 18.8 Å². The second-order valence-electron chi connectivity index (χ2n) is 6.01. The van der Waals surface area contributed by atoms with E-state index < -0.39 is 46.9 Å². The molecule has 6 nitrogen and oxygen atoms in total. The number of halogens is 1. The number of rotatable bonds is 5. The molecule has 2 amide bonds. The number of carboxylic acids is 1. The number of primary amides is 1. The van der Waals surface area contributed by atoms with Crippen molar-refractivity contribution in [2.45, 2.75) is 19.9 Å². The highest BCUT2D eigenvalue weighted by Gasteiger charge is 2.66. The molecule has 0 aromatic heterocycles. The zero-order chi connectivity index (χ0) is 16.7. The van der Waals surface area contributed by atoms with E-state index >= 15 is 0 Å². The molecule has 0 bridgehead atoms. The molecule has 0 spiro atoms. The number of nitrogens with one attached hydrogen (secondary N) is 1. The lowest BCUT2D eigenvalue weighted by molar-refractivity contribution is -0.140. The fraction of sp³-hybridized carbons (Fsp3) is 0.400. The van der Waals surface area contributed by atoms with Crippen LogP contribution in [0, 0.1) is 23.1 Å². The summed E-state index contributed by atoms with van der Waals surface area (Å²) in [7, 11) is 0. The SMILES string of the molecule is CC1(C)[C@H](C(=O)O)[C@@H]1C(=O)NC(C(N)=O)c1ccc(F)cc1. The first-order valence-corrected chi connectivity index (χ1v) is 6.74. The zero-order valence-corrected chi connectivity index (χ0v) is 12.2. The molecule has 7 heteroatoms. The smallest absolute Gasteiger partial charge is 0.307 e. The number of aliphatic carboxylic acids is 1. The summed E-state index contributed by atoms with van der Waals surface area (Å²) < 4.78 is 12.9. The molecule has 1 aliphatic carbocycles. The molecular formula is C15H17FN2O4. The highest BCUT2D eigenvalue weighted by Crippen LogP contribution is 2.58. The normalized spacial score (nSPS) is 23.4. The summed E-state index contributed by atoms with van der Waals surface area (Å²) in [6.45, 7) is 3.35. The Labute approximate surface area is 126 Å². The number of hydrogen-bond acceptors (Lipinski definition) is 3. The molecule has 1 saturated carbocycles. The molecule has 1 aromatic rings. The van der Waals surface area contributed by atoms with E-state index in [0.717, 1.165) is 12.1 Å². The van der Waals surface area contributed by atoms with Crippen LogP contribution in [0.5, 0.6) is 0 Å². The molecule has 1 fully saturated rings. The van der Waals surface area contributed by atoms with Gasteiger partial charge in [-0.3, -0.25) is 14.4 Å². The Morgan fingerprint density at radius 2 is 1.77 bits per heavy atom. The van der Waals surface area contributed by atoms with Gasteiger partial charge in [0.05, 0.1) is 11.8 Å². The third-order valence-corrected chi connectivity index (χ3v) is 4.15. The van der Waals surface area contributed by atoms with E-state index in [0.29, 0.717) is 5.56 Å². The van der Waals surface area contributed by atoms with E-state index in [1.807, 2.05) is 0 Å². The molecular weight excluding hydrogens is 291 g/mol. The minimum Gasteiger partial charge on any atom is -0.481 e. The molecule has 1 aliphatic rings. The van der Waals surface area contributed by atoms with Crippen LogP contribution in [-0.2, 0) is 14.4 Å². The number of carboxylic acid groups (broad SMARTS) is 1. The van der Waals surface area contributed by atoms with Gasteiger partial charge < -0.3 is 16.2 Å². The van der Waals surface area contributed by atoms with E-state index in [4.69, 9.17) is 10.8 Å². The van der Waals surface area contributed by atoms with Crippen molar-refractivity contribution < 1.29 is 23.9 Å². The predicted molar refractivity (Wildman–Crippen MR) is 74.9 cm³/mol. The van der Waals surface area contributed by atoms with Gasteiger partial charge in [-0.15, -0.1) is 0 Å². The Kier molecular flexibility index (Phi) is 3.91. The Morgan fingerprint density at radius 1 is 1.23 bits per heavy atom. The quantitative estimate of drug-likeness (QED) is 0.748. The highest BCUT2D eigenvalue weighted by atomic mass is 19.1. The van der Waals surface area contributed by atoms with Crippen LogP contribution in [0.25, 0.3) is 0 Å². The third kappa shape index (κ3) is 2.79. The fourth-order valence-electron chi connectivity index (χ4n) is 2.79. The van der Waals surface area contributed by atoms with Gasteiger partial charge in [-0.2, -0.15) is 0 Å². The summed E-state index contributed by atoms with van der Waals surface area (Å²) in [4.78, 5) is 34.9. The van der Waals surface area contributed by atoms with Crippen molar-refractivity contribution >= 4 is 17.8 Å². The van der Waals surface area contributed by atoms with Crippen molar-refractivity contribution in [1.82, 2.24) is 5.32 Å². The van der Waals surface area contributed by atoms with E-state index in [1.165, 1.54) is 12.1 Å². The monoisotopic (exact) mass is 308 g/mol. The predicted octanol–water partition coefficient (Wildman–Crippen LogP) is 0.825. The molecule has 1 aromatic carbocycles. The Balaban J connectivity index is 2.16. The van der Waals surface area contributed by atoms with Crippen molar-refractivity contribution in [2.75, 3.05) is 0 Å². The summed E-state index contributed by atoms with van der Waals surface area (Å²) in [5.41, 5.74) is 4.93. The van der Waals surface area contributed by atoms with Gasteiger partial charge >= 0.3 is 5.97 Å². The number of benzene rings is 1. The fourth-order valence-corrected chi connectivity index (χ4v) is 2.79. The zero-order valence-electron chi connectivity index (χ0n) is 12.2. The lowest BCUT2D eigenvalue weighted by Crippen LogP contribution is -2.39. The molecule has 1 unspecified atom stereocenters. The van der Waals surface area contributed by atoms with Gasteiger partial charge in [0.1, 0.15) is 11.9 Å². The van der Waals surface area contributed by atoms with Gasteiger partial charge in [0.25, 0.3) is 0 Å². The van der Waals surface area contributed by atoms with Gasteiger partial charge in [-0.25, -0.2) is 4.39 Å². The summed E-state index contributed by atoms with van der Waals surface area (Å²) in [6.07, 6.45) is 0. The van der Waals surface area contributed by atoms with Gasteiger partial charge in [0.15, 0.2) is 0 Å². The summed E-state index contributed by atoms with van der Waals surface area (Å²) in [5, 5.41) is 11.5. The maximum atomic E-state index is 12.9. The number of amides is 2. The number of hydrogen-bond donors (Lipinski definition) is 3. The van der Waals surface area contributed by atoms with Crippen molar-refractivity contribution in [3.8, 4) is 0 Å². The largest absolute Gasteiger partial charge is 0.481 e. The van der Waals surface area contributed by atoms with Crippen molar-refractivity contribution in [3.05, 3.63) is 35.6 Å². The standard InChI is InChI=1S/C15H17FN2O4/c1-15(2)9(10(15)14(21)22)13(20)18-11(12(17)19)7-3-5-8(16)6-4-7/h3-6,9-11H,1-2H3,(H2,17,19)(H,18,20)(H,21,22)/t9-,10+,11?/m1/s1. The molecule has 118 valence electrons. The second-order valence-corrected chi connectivity index (χ2v) is 6.01. The topological polar surface area (TPSA) is 109 Å². The van der Waals surface area contributed by atoms with Crippen LogP contribution < -0.4 is 11.1 Å². The van der Waals surface area contributed by atoms with Crippen LogP contribution >= 0.6 is 0 Å². The number of carbonyl (C=O) groups is 3. The van der Waals surface area contributed by atoms with Crippen LogP contribution in [0.15, 0.2) is 24.3 Å². The van der Waals surface area contributed by atoms with Crippen molar-refractivity contribution in [2.24, 2.45) is 23.0 Å². The summed E-state index contributed by atoms with van der Waals surface area (Å²) in [5.74, 6) is -4.41. The Bertz CT molecular complexity index is 627. The van der Waals surface area contributed by atoms with Gasteiger partial charge in [0.2, 0.25) is 11.8 Å². The molecule has 4 N–H and O–H groups in total. The van der Waals surface area contributed by atoms with E-state index in [-0.39, 0.29) is 0 Å². The maximum absolute atomic E-state index is 12.9. The minimum absolute atomic E-state index is 0.340. The molecule has 0 saturated heterocycles. The molecule has 3 atom stereocenters. The van der Waals surface area contributed by atoms with Crippen molar-refractivity contribution in [1.29, 1.82) is 0 Å². The van der Waals surface area contributed by atoms with Crippen LogP contribution in [0.1, 0.15) is 25.5 Å². The van der Waals surface area contributed by atoms with E-state index in [1.54, 1.807) is 13.8 Å². The third-order valence-electron chi connectivity index (χ3n) is 4.15.